The van der Waals surface area contributed by atoms with Crippen molar-refractivity contribution in [2.45, 2.75) is 50.5 Å². The number of pyridine rings is 1. The molecule has 4 heterocycles. The molecule has 14 nitrogen and oxygen atoms in total. The Bertz CT molecular complexity index is 2290. The average Bonchev–Trinajstić information content (AvgIpc) is 3.27. The monoisotopic (exact) mass is 818 g/mol. The van der Waals surface area contributed by atoms with Gasteiger partial charge in [-0.2, -0.15) is 0 Å². The number of aromatic nitrogens is 1. The van der Waals surface area contributed by atoms with Crippen molar-refractivity contribution in [3.8, 4) is 11.5 Å². The average molecular weight is 819 g/mol. The Morgan fingerprint density at radius 2 is 1.65 bits per heavy atom. The number of H-pyrrole nitrogens is 1. The highest BCUT2D eigenvalue weighted by atomic mass is 16.6. The second-order valence-corrected chi connectivity index (χ2v) is 15.1. The quantitative estimate of drug-likeness (QED) is 0.0424. The van der Waals surface area contributed by atoms with Crippen molar-refractivity contribution in [2.75, 3.05) is 45.9 Å². The molecule has 3 fully saturated rings. The predicted octanol–water partition coefficient (Wildman–Crippen LogP) is 5.53. The van der Waals surface area contributed by atoms with Crippen molar-refractivity contribution in [1.29, 1.82) is 0 Å². The van der Waals surface area contributed by atoms with Crippen LogP contribution in [0.15, 0.2) is 108 Å². The fourth-order valence-corrected chi connectivity index (χ4v) is 7.71. The lowest BCUT2D eigenvalue weighted by Crippen LogP contribution is -2.52. The molecule has 60 heavy (non-hydrogen) atoms. The highest BCUT2D eigenvalue weighted by molar-refractivity contribution is 5.90. The van der Waals surface area contributed by atoms with E-state index < -0.39 is 36.8 Å². The number of ether oxygens (including phenoxy) is 4. The molecule has 8 rings (SSSR count). The van der Waals surface area contributed by atoms with Crippen molar-refractivity contribution >= 4 is 28.9 Å². The van der Waals surface area contributed by atoms with Crippen LogP contribution in [0.25, 0.3) is 10.9 Å². The molecular formula is C46H50N4O10. The number of unbranched alkanes of at least 4 members (excludes halogenated alkanes) is 1. The number of aliphatic hydroxyl groups is 1. The van der Waals surface area contributed by atoms with E-state index in [-0.39, 0.29) is 48.3 Å². The minimum absolute atomic E-state index is 0.0740. The molecule has 0 saturated carbocycles. The van der Waals surface area contributed by atoms with Crippen LogP contribution < -0.4 is 20.9 Å². The SMILES string of the molecule is O=C(COC(=O)c1ccc(COc2cccc(C(NC(=O)O[C@H]3CN4CCC3CC4)c3ccccc3)c2)cc1)OCCCCNC[C@H](O)c1ccc(O)c2[nH]c(=O)ccc12. The van der Waals surface area contributed by atoms with E-state index in [4.69, 9.17) is 18.9 Å². The highest BCUT2D eigenvalue weighted by Crippen LogP contribution is 2.31. The maximum absolute atomic E-state index is 13.2. The number of benzene rings is 4. The van der Waals surface area contributed by atoms with E-state index in [0.717, 1.165) is 49.2 Å². The summed E-state index contributed by atoms with van der Waals surface area (Å²) in [6.45, 7) is 3.55. The largest absolute Gasteiger partial charge is 0.506 e. The van der Waals surface area contributed by atoms with Gasteiger partial charge in [0.2, 0.25) is 5.56 Å². The van der Waals surface area contributed by atoms with Crippen LogP contribution in [0.4, 0.5) is 4.79 Å². The first-order valence-corrected chi connectivity index (χ1v) is 20.3. The van der Waals surface area contributed by atoms with E-state index in [1.165, 1.54) is 12.1 Å². The Morgan fingerprint density at radius 1 is 0.867 bits per heavy atom. The van der Waals surface area contributed by atoms with Crippen LogP contribution in [0.5, 0.6) is 11.5 Å². The van der Waals surface area contributed by atoms with Crippen LogP contribution in [0.1, 0.15) is 70.4 Å². The Kier molecular flexibility index (Phi) is 14.1. The van der Waals surface area contributed by atoms with Crippen LogP contribution in [0.3, 0.4) is 0 Å². The number of rotatable bonds is 18. The molecule has 1 unspecified atom stereocenters. The molecular weight excluding hydrogens is 769 g/mol. The van der Waals surface area contributed by atoms with Gasteiger partial charge in [-0.05, 0) is 110 Å². The molecule has 2 bridgehead atoms. The maximum atomic E-state index is 13.2. The van der Waals surface area contributed by atoms with Gasteiger partial charge in [0.25, 0.3) is 0 Å². The number of esters is 2. The zero-order chi connectivity index (χ0) is 41.8. The zero-order valence-electron chi connectivity index (χ0n) is 33.2. The third-order valence-corrected chi connectivity index (χ3v) is 11.0. The van der Waals surface area contributed by atoms with Crippen molar-refractivity contribution in [2.24, 2.45) is 5.92 Å². The summed E-state index contributed by atoms with van der Waals surface area (Å²) >= 11 is 0. The lowest BCUT2D eigenvalue weighted by atomic mass is 9.86. The molecule has 0 aliphatic carbocycles. The van der Waals surface area contributed by atoms with Gasteiger partial charge < -0.3 is 44.8 Å². The summed E-state index contributed by atoms with van der Waals surface area (Å²) in [4.78, 5) is 54.6. The van der Waals surface area contributed by atoms with Gasteiger partial charge in [-0.25, -0.2) is 14.4 Å². The van der Waals surface area contributed by atoms with Crippen LogP contribution in [0, 0.1) is 5.92 Å². The van der Waals surface area contributed by atoms with Crippen molar-refractivity contribution < 1.29 is 43.5 Å². The molecule has 3 atom stereocenters. The van der Waals surface area contributed by atoms with Gasteiger partial charge in [0.05, 0.1) is 29.8 Å². The molecule has 1 amide bonds. The summed E-state index contributed by atoms with van der Waals surface area (Å²) in [5.41, 5.74) is 3.33. The Balaban J connectivity index is 0.807. The minimum Gasteiger partial charge on any atom is -0.506 e. The summed E-state index contributed by atoms with van der Waals surface area (Å²) < 4.78 is 22.4. The smallest absolute Gasteiger partial charge is 0.408 e. The summed E-state index contributed by atoms with van der Waals surface area (Å²) in [6.07, 6.45) is 1.90. The number of aliphatic hydroxyl groups excluding tert-OH is 1. The van der Waals surface area contributed by atoms with Crippen LogP contribution in [0.2, 0.25) is 0 Å². The first kappa shape index (κ1) is 41.9. The molecule has 314 valence electrons. The Morgan fingerprint density at radius 3 is 2.42 bits per heavy atom. The number of hydrogen-bond donors (Lipinski definition) is 5. The summed E-state index contributed by atoms with van der Waals surface area (Å²) in [5, 5.41) is 27.5. The van der Waals surface area contributed by atoms with Gasteiger partial charge in [0.15, 0.2) is 6.61 Å². The number of nitrogens with one attached hydrogen (secondary N) is 3. The number of nitrogens with zero attached hydrogens (tertiary/aromatic N) is 1. The molecule has 3 aliphatic heterocycles. The first-order chi connectivity index (χ1) is 29.2. The number of alkyl carbamates (subject to hydrolysis) is 1. The first-order valence-electron chi connectivity index (χ1n) is 20.3. The number of aromatic amines is 1. The molecule has 14 heteroatoms. The molecule has 4 aromatic carbocycles. The van der Waals surface area contributed by atoms with Gasteiger partial charge in [0.1, 0.15) is 24.2 Å². The lowest BCUT2D eigenvalue weighted by Gasteiger charge is -2.43. The number of hydrogen-bond acceptors (Lipinski definition) is 12. The molecule has 1 aromatic heterocycles. The molecule has 3 aliphatic rings. The normalized spacial score (nSPS) is 18.0. The number of carbonyl (C=O) groups excluding carboxylic acids is 3. The van der Waals surface area contributed by atoms with Gasteiger partial charge in [-0.15, -0.1) is 0 Å². The van der Waals surface area contributed by atoms with Crippen molar-refractivity contribution in [3.05, 3.63) is 141 Å². The third kappa shape index (κ3) is 11.1. The molecule has 5 aromatic rings. The fraction of sp³-hybridized carbons (Fsp3) is 0.348. The second kappa shape index (κ2) is 20.2. The van der Waals surface area contributed by atoms with Crippen LogP contribution in [-0.4, -0.2) is 90.2 Å². The lowest BCUT2D eigenvalue weighted by molar-refractivity contribution is -0.147. The van der Waals surface area contributed by atoms with E-state index in [1.54, 1.807) is 36.4 Å². The number of amides is 1. The minimum atomic E-state index is -0.874. The number of phenols is 1. The fourth-order valence-electron chi connectivity index (χ4n) is 7.71. The zero-order valence-corrected chi connectivity index (χ0v) is 33.2. The van der Waals surface area contributed by atoms with Crippen LogP contribution >= 0.6 is 0 Å². The van der Waals surface area contributed by atoms with E-state index in [9.17, 15) is 29.4 Å². The van der Waals surface area contributed by atoms with E-state index in [0.29, 0.717) is 42.0 Å². The van der Waals surface area contributed by atoms with Gasteiger partial charge in [-0.3, -0.25) is 9.69 Å². The van der Waals surface area contributed by atoms with Gasteiger partial charge in [-0.1, -0.05) is 60.7 Å². The summed E-state index contributed by atoms with van der Waals surface area (Å²) in [6, 6.07) is 29.5. The van der Waals surface area contributed by atoms with Crippen molar-refractivity contribution in [3.63, 3.8) is 0 Å². The van der Waals surface area contributed by atoms with Crippen molar-refractivity contribution in [1.82, 2.24) is 20.5 Å². The van der Waals surface area contributed by atoms with E-state index >= 15 is 0 Å². The molecule has 0 radical (unpaired) electrons. The second-order valence-electron chi connectivity index (χ2n) is 15.1. The van der Waals surface area contributed by atoms with Crippen LogP contribution in [-0.2, 0) is 25.6 Å². The number of aromatic hydroxyl groups is 1. The summed E-state index contributed by atoms with van der Waals surface area (Å²) in [7, 11) is 0. The molecule has 0 spiro atoms. The van der Waals surface area contributed by atoms with Gasteiger partial charge >= 0.3 is 18.0 Å². The number of phenolic OH excluding ortho intramolecular Hbond substituents is 1. The van der Waals surface area contributed by atoms with E-state index in [1.807, 2.05) is 54.6 Å². The summed E-state index contributed by atoms with van der Waals surface area (Å²) in [5.74, 6) is -0.379. The highest BCUT2D eigenvalue weighted by Gasteiger charge is 2.37. The van der Waals surface area contributed by atoms with Gasteiger partial charge in [0, 0.05) is 24.5 Å². The maximum Gasteiger partial charge on any atom is 0.408 e. The number of piperidine rings is 3. The number of fused-ring (bicyclic) bond motifs is 4. The Labute approximate surface area is 347 Å². The number of carbonyl (C=O) groups is 3. The Hall–Kier alpha value is -6.22. The topological polar surface area (TPSA) is 189 Å². The third-order valence-electron chi connectivity index (χ3n) is 11.0. The predicted molar refractivity (Wildman–Crippen MR) is 223 cm³/mol. The standard InChI is InChI=1S/C46H50N4O10/c51-38-17-15-36(37-16-18-41(53)48-44(37)38)39(52)26-47-21-4-5-24-57-42(54)29-59-45(55)33-13-11-30(12-14-33)28-58-35-10-6-9-34(25-35)43(32-7-2-1-3-8-32)49-46(56)60-40-27-50-22-19-31(40)20-23-50/h1-3,6-18,25,31,39-40,43,47,51-52H,4-5,19-24,26-29H2,(H,48,53)(H,49,56)/t39-,40-,43?/m0/s1. The molecule has 3 saturated heterocycles. The van der Waals surface area contributed by atoms with E-state index in [2.05, 4.69) is 20.5 Å². The molecule has 5 N–H and O–H groups in total.